The van der Waals surface area contributed by atoms with Crippen LogP contribution in [0.3, 0.4) is 0 Å². The Morgan fingerprint density at radius 3 is 1.55 bits per heavy atom. The van der Waals surface area contributed by atoms with Gasteiger partial charge >= 0.3 is 6.09 Å². The minimum absolute atomic E-state index is 0.0881. The first-order valence-electron chi connectivity index (χ1n) is 7.75. The van der Waals surface area contributed by atoms with E-state index in [1.165, 1.54) is 0 Å². The lowest BCUT2D eigenvalue weighted by atomic mass is 10.2. The lowest BCUT2D eigenvalue weighted by Crippen LogP contribution is -2.58. The number of carbonyl (C=O) groups is 1. The average molecular weight is 316 g/mol. The normalized spacial score (nSPS) is 24.9. The Labute approximate surface area is 127 Å². The topological polar surface area (TPSA) is 29.5 Å². The highest BCUT2D eigenvalue weighted by atomic mass is 28.3. The van der Waals surface area contributed by atoms with E-state index in [1.54, 1.807) is 0 Å². The van der Waals surface area contributed by atoms with E-state index in [1.807, 2.05) is 20.8 Å². The molecule has 0 aromatic heterocycles. The molecule has 1 aliphatic heterocycles. The fraction of sp³-hybridized carbons (Fsp3) is 0.933. The van der Waals surface area contributed by atoms with Crippen molar-refractivity contribution in [2.45, 2.75) is 89.8 Å². The Hall–Kier alpha value is -0.296. The van der Waals surface area contributed by atoms with E-state index in [-0.39, 0.29) is 6.09 Å². The van der Waals surface area contributed by atoms with E-state index in [9.17, 15) is 4.79 Å². The highest BCUT2D eigenvalue weighted by Gasteiger charge is 2.49. The largest absolute Gasteiger partial charge is 0.444 e. The highest BCUT2D eigenvalue weighted by Crippen LogP contribution is 2.36. The van der Waals surface area contributed by atoms with Gasteiger partial charge in [-0.3, -0.25) is 0 Å². The summed E-state index contributed by atoms with van der Waals surface area (Å²) in [6.07, 6.45) is 2.23. The lowest BCUT2D eigenvalue weighted by Gasteiger charge is -2.41. The molecule has 2 atom stereocenters. The van der Waals surface area contributed by atoms with Crippen LogP contribution in [0.4, 0.5) is 4.79 Å². The van der Waals surface area contributed by atoms with Gasteiger partial charge in [0.1, 0.15) is 5.60 Å². The third-order valence-electron chi connectivity index (χ3n) is 3.99. The van der Waals surface area contributed by atoms with Crippen LogP contribution >= 0.6 is 0 Å². The molecule has 2 unspecified atom stereocenters. The van der Waals surface area contributed by atoms with E-state index in [0.717, 1.165) is 12.8 Å². The van der Waals surface area contributed by atoms with Crippen LogP contribution in [0.2, 0.25) is 39.3 Å². The Balaban J connectivity index is 3.06. The van der Waals surface area contributed by atoms with Gasteiger partial charge in [0, 0.05) is 11.3 Å². The number of amides is 1. The van der Waals surface area contributed by atoms with Crippen LogP contribution in [-0.4, -0.2) is 44.1 Å². The molecule has 1 heterocycles. The van der Waals surface area contributed by atoms with E-state index in [4.69, 9.17) is 4.74 Å². The molecule has 0 aromatic rings. The highest BCUT2D eigenvalue weighted by molar-refractivity contribution is 6.80. The number of carbonyl (C=O) groups excluding carboxylic acids is 1. The molecule has 3 nitrogen and oxygen atoms in total. The van der Waals surface area contributed by atoms with Crippen molar-refractivity contribution in [3.8, 4) is 0 Å². The smallest absolute Gasteiger partial charge is 0.410 e. The molecule has 118 valence electrons. The van der Waals surface area contributed by atoms with Crippen molar-refractivity contribution >= 4 is 22.2 Å². The van der Waals surface area contributed by atoms with Gasteiger partial charge < -0.3 is 9.64 Å². The minimum atomic E-state index is -1.40. The molecule has 0 spiro atoms. The number of ether oxygens (including phenoxy) is 1. The third-order valence-corrected chi connectivity index (χ3v) is 9.12. The van der Waals surface area contributed by atoms with Gasteiger partial charge in [-0.2, -0.15) is 0 Å². The van der Waals surface area contributed by atoms with Gasteiger partial charge in [0.05, 0.1) is 16.1 Å². The molecule has 0 aliphatic carbocycles. The first-order chi connectivity index (χ1) is 8.73. The minimum Gasteiger partial charge on any atom is -0.444 e. The third kappa shape index (κ3) is 4.35. The summed E-state index contributed by atoms with van der Waals surface area (Å²) in [5, 5.41) is 0. The standard InChI is InChI=1S/C15H33NO2Si2/c1-15(2,3)18-14(17)16-12(19(4,5)6)10-11-13(16)20(7,8)9/h12-13H,10-11H2,1-9H3. The van der Waals surface area contributed by atoms with Crippen LogP contribution in [0.5, 0.6) is 0 Å². The number of hydrogen-bond acceptors (Lipinski definition) is 2. The van der Waals surface area contributed by atoms with Crippen molar-refractivity contribution < 1.29 is 9.53 Å². The molecule has 1 rings (SSSR count). The van der Waals surface area contributed by atoms with Gasteiger partial charge in [0.15, 0.2) is 0 Å². The maximum absolute atomic E-state index is 12.7. The lowest BCUT2D eigenvalue weighted by molar-refractivity contribution is 0.0237. The molecule has 5 heteroatoms. The zero-order chi connectivity index (χ0) is 15.9. The van der Waals surface area contributed by atoms with Gasteiger partial charge in [-0.15, -0.1) is 0 Å². The Bertz CT molecular complexity index is 342. The summed E-state index contributed by atoms with van der Waals surface area (Å²) in [5.41, 5.74) is 0.441. The Morgan fingerprint density at radius 2 is 1.30 bits per heavy atom. The van der Waals surface area contributed by atoms with Crippen molar-refractivity contribution in [3.05, 3.63) is 0 Å². The van der Waals surface area contributed by atoms with E-state index in [2.05, 4.69) is 44.2 Å². The van der Waals surface area contributed by atoms with Crippen LogP contribution in [-0.2, 0) is 4.74 Å². The first-order valence-corrected chi connectivity index (χ1v) is 14.9. The summed E-state index contributed by atoms with van der Waals surface area (Å²) < 4.78 is 5.70. The molecule has 1 aliphatic rings. The second kappa shape index (κ2) is 5.48. The summed E-state index contributed by atoms with van der Waals surface area (Å²) in [6, 6.07) is 0. The molecule has 1 fully saturated rings. The predicted molar refractivity (Wildman–Crippen MR) is 91.6 cm³/mol. The number of nitrogens with zero attached hydrogens (tertiary/aromatic N) is 1. The molecule has 1 saturated heterocycles. The second-order valence-corrected chi connectivity index (χ2v) is 20.0. The Morgan fingerprint density at radius 1 is 0.950 bits per heavy atom. The zero-order valence-corrected chi connectivity index (χ0v) is 16.8. The van der Waals surface area contributed by atoms with Gasteiger partial charge in [0.25, 0.3) is 0 Å². The van der Waals surface area contributed by atoms with Crippen LogP contribution < -0.4 is 0 Å². The van der Waals surface area contributed by atoms with Crippen LogP contribution in [0.15, 0.2) is 0 Å². The van der Waals surface area contributed by atoms with Crippen molar-refractivity contribution in [3.63, 3.8) is 0 Å². The number of hydrogen-bond donors (Lipinski definition) is 0. The van der Waals surface area contributed by atoms with Crippen molar-refractivity contribution in [1.82, 2.24) is 4.90 Å². The average Bonchev–Trinajstić information content (AvgIpc) is 2.56. The molecule has 0 aromatic carbocycles. The van der Waals surface area contributed by atoms with Gasteiger partial charge in [-0.05, 0) is 33.6 Å². The summed E-state index contributed by atoms with van der Waals surface area (Å²) in [7, 11) is -2.80. The van der Waals surface area contributed by atoms with E-state index in [0.29, 0.717) is 11.3 Å². The van der Waals surface area contributed by atoms with Crippen LogP contribution in [0.1, 0.15) is 33.6 Å². The van der Waals surface area contributed by atoms with Crippen molar-refractivity contribution in [1.29, 1.82) is 0 Å². The number of rotatable bonds is 2. The molecular weight excluding hydrogens is 282 g/mol. The zero-order valence-electron chi connectivity index (χ0n) is 14.8. The van der Waals surface area contributed by atoms with Crippen LogP contribution in [0, 0.1) is 0 Å². The van der Waals surface area contributed by atoms with E-state index < -0.39 is 21.7 Å². The maximum atomic E-state index is 12.7. The fourth-order valence-corrected chi connectivity index (χ4v) is 7.53. The molecule has 0 saturated carbocycles. The first kappa shape index (κ1) is 17.8. The van der Waals surface area contributed by atoms with Gasteiger partial charge in [-0.25, -0.2) is 4.79 Å². The summed E-state index contributed by atoms with van der Waals surface area (Å²) in [5.74, 6) is 0. The summed E-state index contributed by atoms with van der Waals surface area (Å²) in [4.78, 5) is 14.9. The molecule has 0 N–H and O–H groups in total. The van der Waals surface area contributed by atoms with Crippen molar-refractivity contribution in [2.75, 3.05) is 0 Å². The number of likely N-dealkylation sites (tertiary alicyclic amines) is 1. The monoisotopic (exact) mass is 315 g/mol. The van der Waals surface area contributed by atoms with Gasteiger partial charge in [-0.1, -0.05) is 39.3 Å². The molecule has 0 bridgehead atoms. The fourth-order valence-electron chi connectivity index (χ4n) is 3.08. The maximum Gasteiger partial charge on any atom is 0.410 e. The van der Waals surface area contributed by atoms with Crippen LogP contribution in [0.25, 0.3) is 0 Å². The van der Waals surface area contributed by atoms with Crippen molar-refractivity contribution in [2.24, 2.45) is 0 Å². The second-order valence-electron chi connectivity index (χ2n) is 9.23. The molecule has 20 heavy (non-hydrogen) atoms. The summed E-state index contributed by atoms with van der Waals surface area (Å²) >= 11 is 0. The van der Waals surface area contributed by atoms with Gasteiger partial charge in [0.2, 0.25) is 0 Å². The summed E-state index contributed by atoms with van der Waals surface area (Å²) in [6.45, 7) is 20.0. The quantitative estimate of drug-likeness (QED) is 0.702. The Kier molecular flexibility index (Phi) is 4.87. The molecule has 1 amide bonds. The van der Waals surface area contributed by atoms with E-state index >= 15 is 0 Å². The SMILES string of the molecule is CC(C)(C)OC(=O)N1C([Si](C)(C)C)CCC1[Si](C)(C)C. The molecular formula is C15H33NO2Si2. The predicted octanol–water partition coefficient (Wildman–Crippen LogP) is 4.51. The molecule has 0 radical (unpaired) electrons.